The predicted molar refractivity (Wildman–Crippen MR) is 58.0 cm³/mol. The predicted octanol–water partition coefficient (Wildman–Crippen LogP) is 3.45. The molecule has 0 saturated carbocycles. The highest BCUT2D eigenvalue weighted by Crippen LogP contribution is 2.24. The maximum absolute atomic E-state index is 9.75. The molecule has 0 aliphatic heterocycles. The minimum absolute atomic E-state index is 0.624. The molecule has 0 spiro atoms. The van der Waals surface area contributed by atoms with Crippen LogP contribution >= 0.6 is 0 Å². The van der Waals surface area contributed by atoms with Gasteiger partial charge in [0.05, 0.1) is 0 Å². The van der Waals surface area contributed by atoms with Crippen molar-refractivity contribution in [1.29, 1.82) is 0 Å². The first kappa shape index (κ1) is 15.9. The topological polar surface area (TPSA) is 18.5 Å². The number of methoxy groups -OCH3 is 2. The van der Waals surface area contributed by atoms with E-state index in [0.717, 1.165) is 5.56 Å². The standard InChI is InChI=1S/C10H14O2.BF4/c1-10(11-2,12-3)9-7-5-4-6-8-9;2-1(3,4)5/h4-8H,1-3H3;/q;-1. The number of ether oxygens (including phenoxy) is 2. The molecule has 0 fully saturated rings. The van der Waals surface area contributed by atoms with Crippen molar-refractivity contribution in [3.8, 4) is 0 Å². The first-order chi connectivity index (χ1) is 7.73. The van der Waals surface area contributed by atoms with Crippen LogP contribution in [0.15, 0.2) is 30.3 Å². The van der Waals surface area contributed by atoms with Crippen molar-refractivity contribution in [1.82, 2.24) is 0 Å². The highest BCUT2D eigenvalue weighted by molar-refractivity contribution is 6.50. The molecular weight excluding hydrogens is 239 g/mol. The van der Waals surface area contributed by atoms with E-state index in [9.17, 15) is 17.3 Å². The Morgan fingerprint density at radius 2 is 1.29 bits per heavy atom. The van der Waals surface area contributed by atoms with E-state index in [-0.39, 0.29) is 0 Å². The van der Waals surface area contributed by atoms with Crippen LogP contribution < -0.4 is 0 Å². The van der Waals surface area contributed by atoms with Gasteiger partial charge in [-0.3, -0.25) is 0 Å². The Kier molecular flexibility index (Phi) is 6.19. The lowest BCUT2D eigenvalue weighted by Crippen LogP contribution is -2.26. The van der Waals surface area contributed by atoms with Gasteiger partial charge in [0.2, 0.25) is 0 Å². The Morgan fingerprint density at radius 3 is 1.59 bits per heavy atom. The van der Waals surface area contributed by atoms with Gasteiger partial charge >= 0.3 is 7.25 Å². The lowest BCUT2D eigenvalue weighted by molar-refractivity contribution is -0.201. The number of rotatable bonds is 3. The van der Waals surface area contributed by atoms with Crippen LogP contribution in [0, 0.1) is 0 Å². The minimum Gasteiger partial charge on any atom is -0.418 e. The molecule has 0 amide bonds. The van der Waals surface area contributed by atoms with Gasteiger partial charge < -0.3 is 26.7 Å². The van der Waals surface area contributed by atoms with E-state index in [0.29, 0.717) is 0 Å². The molecule has 0 aromatic heterocycles. The van der Waals surface area contributed by atoms with Gasteiger partial charge in [0.25, 0.3) is 0 Å². The van der Waals surface area contributed by atoms with Crippen molar-refractivity contribution in [2.75, 3.05) is 14.2 Å². The Labute approximate surface area is 97.6 Å². The molecule has 1 aromatic carbocycles. The highest BCUT2D eigenvalue weighted by Gasteiger charge is 2.24. The van der Waals surface area contributed by atoms with Gasteiger partial charge in [-0.25, -0.2) is 0 Å². The Hall–Kier alpha value is -1.08. The molecule has 98 valence electrons. The summed E-state index contributed by atoms with van der Waals surface area (Å²) in [6, 6.07) is 9.85. The zero-order valence-corrected chi connectivity index (χ0v) is 9.79. The van der Waals surface area contributed by atoms with Gasteiger partial charge in [0.15, 0.2) is 5.79 Å². The molecule has 2 nitrogen and oxygen atoms in total. The fourth-order valence-corrected chi connectivity index (χ4v) is 1.06. The molecule has 1 rings (SSSR count). The average Bonchev–Trinajstić information content (AvgIpc) is 2.27. The van der Waals surface area contributed by atoms with Gasteiger partial charge in [0.1, 0.15) is 0 Å². The van der Waals surface area contributed by atoms with Crippen LogP contribution in [0.5, 0.6) is 0 Å². The lowest BCUT2D eigenvalue weighted by Gasteiger charge is -2.26. The summed E-state index contributed by atoms with van der Waals surface area (Å²) in [4.78, 5) is 0. The van der Waals surface area contributed by atoms with Crippen molar-refractivity contribution in [3.63, 3.8) is 0 Å². The van der Waals surface area contributed by atoms with Gasteiger partial charge in [-0.1, -0.05) is 30.3 Å². The van der Waals surface area contributed by atoms with Crippen LogP contribution in [0.1, 0.15) is 12.5 Å². The molecule has 0 radical (unpaired) electrons. The van der Waals surface area contributed by atoms with Gasteiger partial charge in [-0.05, 0) is 6.92 Å². The summed E-state index contributed by atoms with van der Waals surface area (Å²) < 4.78 is 49.5. The van der Waals surface area contributed by atoms with Crippen molar-refractivity contribution in [2.24, 2.45) is 0 Å². The van der Waals surface area contributed by atoms with E-state index < -0.39 is 13.0 Å². The van der Waals surface area contributed by atoms with E-state index >= 15 is 0 Å². The minimum atomic E-state index is -6.00. The molecule has 0 aliphatic rings. The second-order valence-corrected chi connectivity index (χ2v) is 3.21. The maximum Gasteiger partial charge on any atom is 0.673 e. The van der Waals surface area contributed by atoms with Crippen LogP contribution in [-0.4, -0.2) is 21.5 Å². The summed E-state index contributed by atoms with van der Waals surface area (Å²) in [5, 5.41) is 0. The number of benzene rings is 1. The van der Waals surface area contributed by atoms with Gasteiger partial charge in [0, 0.05) is 19.8 Å². The highest BCUT2D eigenvalue weighted by atomic mass is 19.5. The lowest BCUT2D eigenvalue weighted by atomic mass is 10.1. The molecule has 7 heteroatoms. The fraction of sp³-hybridized carbons (Fsp3) is 0.400. The quantitative estimate of drug-likeness (QED) is 0.466. The third-order valence-corrected chi connectivity index (χ3v) is 2.08. The molecule has 0 unspecified atom stereocenters. The summed E-state index contributed by atoms with van der Waals surface area (Å²) >= 11 is 0. The summed E-state index contributed by atoms with van der Waals surface area (Å²) in [7, 11) is -2.73. The second-order valence-electron chi connectivity index (χ2n) is 3.21. The summed E-state index contributed by atoms with van der Waals surface area (Å²) in [5.41, 5.74) is 1.02. The van der Waals surface area contributed by atoms with Crippen LogP contribution in [0.4, 0.5) is 17.3 Å². The monoisotopic (exact) mass is 253 g/mol. The molecule has 1 aromatic rings. The normalized spacial score (nSPS) is 11.7. The van der Waals surface area contributed by atoms with E-state index in [1.807, 2.05) is 37.3 Å². The Balaban J connectivity index is 0.000000437. The van der Waals surface area contributed by atoms with Gasteiger partial charge in [-0.15, -0.1) is 0 Å². The molecule has 0 aliphatic carbocycles. The summed E-state index contributed by atoms with van der Waals surface area (Å²) in [5.74, 6) is -0.624. The van der Waals surface area contributed by atoms with E-state index in [1.54, 1.807) is 14.2 Å². The smallest absolute Gasteiger partial charge is 0.418 e. The fourth-order valence-electron chi connectivity index (χ4n) is 1.06. The largest absolute Gasteiger partial charge is 0.673 e. The molecule has 17 heavy (non-hydrogen) atoms. The zero-order valence-electron chi connectivity index (χ0n) is 9.79. The second kappa shape index (κ2) is 6.61. The first-order valence-electron chi connectivity index (χ1n) is 4.76. The Bertz CT molecular complexity index is 306. The van der Waals surface area contributed by atoms with Crippen LogP contribution in [0.25, 0.3) is 0 Å². The van der Waals surface area contributed by atoms with Crippen molar-refractivity contribution in [2.45, 2.75) is 12.7 Å². The zero-order chi connectivity index (χ0) is 13.5. The van der Waals surface area contributed by atoms with Crippen LogP contribution in [0.2, 0.25) is 0 Å². The average molecular weight is 253 g/mol. The van der Waals surface area contributed by atoms with Crippen LogP contribution in [-0.2, 0) is 15.3 Å². The summed E-state index contributed by atoms with van der Waals surface area (Å²) in [6.07, 6.45) is 0. The Morgan fingerprint density at radius 1 is 0.941 bits per heavy atom. The molecule has 0 saturated heterocycles. The third-order valence-electron chi connectivity index (χ3n) is 2.08. The van der Waals surface area contributed by atoms with Crippen molar-refractivity contribution >= 4 is 7.25 Å². The van der Waals surface area contributed by atoms with E-state index in [4.69, 9.17) is 9.47 Å². The van der Waals surface area contributed by atoms with Crippen molar-refractivity contribution < 1.29 is 26.7 Å². The molecule has 0 N–H and O–H groups in total. The molecule has 0 bridgehead atoms. The third kappa shape index (κ3) is 6.96. The molecular formula is C10H14BF4O2-. The van der Waals surface area contributed by atoms with Gasteiger partial charge in [-0.2, -0.15) is 0 Å². The first-order valence-corrected chi connectivity index (χ1v) is 4.76. The number of hydrogen-bond acceptors (Lipinski definition) is 2. The molecule has 0 heterocycles. The SMILES string of the molecule is COC(C)(OC)c1ccccc1.F[B-](F)(F)F. The van der Waals surface area contributed by atoms with Crippen LogP contribution in [0.3, 0.4) is 0 Å². The van der Waals surface area contributed by atoms with Crippen molar-refractivity contribution in [3.05, 3.63) is 35.9 Å². The molecule has 0 atom stereocenters. The number of halogens is 4. The van der Waals surface area contributed by atoms with E-state index in [1.165, 1.54) is 0 Å². The van der Waals surface area contributed by atoms with E-state index in [2.05, 4.69) is 0 Å². The number of hydrogen-bond donors (Lipinski definition) is 0. The maximum atomic E-state index is 9.75. The summed E-state index contributed by atoms with van der Waals surface area (Å²) in [6.45, 7) is 1.89.